The van der Waals surface area contributed by atoms with E-state index in [9.17, 15) is 18.3 Å². The summed E-state index contributed by atoms with van der Waals surface area (Å²) in [5.74, 6) is -1.33. The molecule has 2 N–H and O–H groups in total. The maximum absolute atomic E-state index is 12.1. The number of carbonyl (C=O) groups is 1. The Balaban J connectivity index is 2.48. The number of benzene rings is 2. The standard InChI is InChI=1S/C16H16O5S/c1-2-22(20,21)14-6-4-3-5-13(14)11-7-9-12(10-8-11)15(17)16(18)19/h3-10,15,17H,2H2,1H3,(H,18,19). The number of aliphatic hydroxyl groups excluding tert-OH is 1. The molecule has 5 nitrogen and oxygen atoms in total. The zero-order valence-electron chi connectivity index (χ0n) is 11.9. The summed E-state index contributed by atoms with van der Waals surface area (Å²) >= 11 is 0. The Bertz CT molecular complexity index is 778. The van der Waals surface area contributed by atoms with Gasteiger partial charge in [0.25, 0.3) is 0 Å². The minimum atomic E-state index is -3.36. The van der Waals surface area contributed by atoms with E-state index >= 15 is 0 Å². The summed E-state index contributed by atoms with van der Waals surface area (Å²) < 4.78 is 24.3. The van der Waals surface area contributed by atoms with Gasteiger partial charge in [-0.25, -0.2) is 13.2 Å². The molecule has 0 bridgehead atoms. The molecule has 0 heterocycles. The van der Waals surface area contributed by atoms with Crippen molar-refractivity contribution in [2.75, 3.05) is 5.75 Å². The van der Waals surface area contributed by atoms with Crippen molar-refractivity contribution in [2.24, 2.45) is 0 Å². The van der Waals surface area contributed by atoms with Crippen molar-refractivity contribution in [1.82, 2.24) is 0 Å². The predicted molar refractivity (Wildman–Crippen MR) is 82.2 cm³/mol. The van der Waals surface area contributed by atoms with E-state index in [2.05, 4.69) is 0 Å². The summed E-state index contributed by atoms with van der Waals surface area (Å²) in [6, 6.07) is 12.8. The van der Waals surface area contributed by atoms with Crippen LogP contribution in [0.15, 0.2) is 53.4 Å². The van der Waals surface area contributed by atoms with Gasteiger partial charge in [0.1, 0.15) is 0 Å². The Morgan fingerprint density at radius 3 is 2.23 bits per heavy atom. The molecule has 0 saturated carbocycles. The maximum atomic E-state index is 12.1. The molecular formula is C16H16O5S. The number of carboxylic acids is 1. The zero-order chi connectivity index (χ0) is 16.3. The predicted octanol–water partition coefficient (Wildman–Crippen LogP) is 2.27. The van der Waals surface area contributed by atoms with Crippen LogP contribution < -0.4 is 0 Å². The van der Waals surface area contributed by atoms with Crippen LogP contribution in [0.3, 0.4) is 0 Å². The van der Waals surface area contributed by atoms with Gasteiger partial charge in [-0.2, -0.15) is 0 Å². The summed E-state index contributed by atoms with van der Waals surface area (Å²) in [5, 5.41) is 18.3. The molecule has 0 amide bonds. The van der Waals surface area contributed by atoms with Crippen molar-refractivity contribution in [1.29, 1.82) is 0 Å². The lowest BCUT2D eigenvalue weighted by atomic mass is 10.0. The highest BCUT2D eigenvalue weighted by Crippen LogP contribution is 2.29. The van der Waals surface area contributed by atoms with Gasteiger partial charge in [0.2, 0.25) is 0 Å². The highest BCUT2D eigenvalue weighted by atomic mass is 32.2. The molecule has 2 rings (SSSR count). The average molecular weight is 320 g/mol. The fourth-order valence-corrected chi connectivity index (χ4v) is 3.24. The molecule has 0 aliphatic heterocycles. The van der Waals surface area contributed by atoms with Crippen molar-refractivity contribution in [3.63, 3.8) is 0 Å². The number of rotatable bonds is 5. The van der Waals surface area contributed by atoms with Crippen molar-refractivity contribution in [3.8, 4) is 11.1 Å². The van der Waals surface area contributed by atoms with Gasteiger partial charge in [0, 0.05) is 5.56 Å². The molecule has 2 aromatic carbocycles. The van der Waals surface area contributed by atoms with E-state index in [0.29, 0.717) is 11.1 Å². The smallest absolute Gasteiger partial charge is 0.337 e. The minimum absolute atomic E-state index is 0.000173. The van der Waals surface area contributed by atoms with Gasteiger partial charge >= 0.3 is 5.97 Å². The zero-order valence-corrected chi connectivity index (χ0v) is 12.7. The van der Waals surface area contributed by atoms with Crippen LogP contribution in [0.4, 0.5) is 0 Å². The van der Waals surface area contributed by atoms with E-state index in [1.54, 1.807) is 43.3 Å². The van der Waals surface area contributed by atoms with Crippen LogP contribution >= 0.6 is 0 Å². The molecule has 0 radical (unpaired) electrons. The molecule has 0 fully saturated rings. The summed E-state index contributed by atoms with van der Waals surface area (Å²) in [4.78, 5) is 11.0. The molecular weight excluding hydrogens is 304 g/mol. The Kier molecular flexibility index (Phi) is 4.63. The van der Waals surface area contributed by atoms with Gasteiger partial charge in [-0.1, -0.05) is 49.4 Å². The molecule has 1 unspecified atom stereocenters. The van der Waals surface area contributed by atoms with Gasteiger partial charge < -0.3 is 10.2 Å². The van der Waals surface area contributed by atoms with E-state index in [0.717, 1.165) is 0 Å². The molecule has 22 heavy (non-hydrogen) atoms. The van der Waals surface area contributed by atoms with Crippen LogP contribution in [0.5, 0.6) is 0 Å². The number of hydrogen-bond acceptors (Lipinski definition) is 4. The first kappa shape index (κ1) is 16.2. The summed E-state index contributed by atoms with van der Waals surface area (Å²) in [6.07, 6.45) is -1.59. The second-order valence-corrected chi connectivity index (χ2v) is 7.01. The second kappa shape index (κ2) is 6.29. The third kappa shape index (κ3) is 3.18. The Hall–Kier alpha value is -2.18. The van der Waals surface area contributed by atoms with E-state index in [4.69, 9.17) is 5.11 Å². The first-order valence-electron chi connectivity index (χ1n) is 6.70. The summed E-state index contributed by atoms with van der Waals surface area (Å²) in [5.41, 5.74) is 1.45. The topological polar surface area (TPSA) is 91.7 Å². The number of aliphatic carboxylic acids is 1. The quantitative estimate of drug-likeness (QED) is 0.881. The highest BCUT2D eigenvalue weighted by Gasteiger charge is 2.18. The number of carboxylic acid groups (broad SMARTS) is 1. The average Bonchev–Trinajstić information content (AvgIpc) is 2.54. The van der Waals surface area contributed by atoms with Crippen LogP contribution in [0.2, 0.25) is 0 Å². The summed E-state index contributed by atoms with van der Waals surface area (Å²) in [7, 11) is -3.36. The Labute approximate surface area is 128 Å². The van der Waals surface area contributed by atoms with Gasteiger partial charge in [-0.15, -0.1) is 0 Å². The van der Waals surface area contributed by atoms with Gasteiger partial charge in [-0.3, -0.25) is 0 Å². The molecule has 2 aromatic rings. The second-order valence-electron chi connectivity index (χ2n) is 4.76. The van der Waals surface area contributed by atoms with Crippen LogP contribution in [-0.4, -0.2) is 30.4 Å². The third-order valence-electron chi connectivity index (χ3n) is 3.37. The lowest BCUT2D eigenvalue weighted by Gasteiger charge is -2.11. The normalized spacial score (nSPS) is 12.8. The lowest BCUT2D eigenvalue weighted by Crippen LogP contribution is -2.10. The van der Waals surface area contributed by atoms with Gasteiger partial charge in [0.15, 0.2) is 15.9 Å². The van der Waals surface area contributed by atoms with Crippen LogP contribution in [0.25, 0.3) is 11.1 Å². The number of sulfone groups is 1. The summed E-state index contributed by atoms with van der Waals surface area (Å²) in [6.45, 7) is 1.58. The van der Waals surface area contributed by atoms with Gasteiger partial charge in [-0.05, 0) is 17.2 Å². The van der Waals surface area contributed by atoms with E-state index in [-0.39, 0.29) is 16.2 Å². The van der Waals surface area contributed by atoms with Crippen molar-refractivity contribution >= 4 is 15.8 Å². The molecule has 0 spiro atoms. The molecule has 0 aromatic heterocycles. The van der Waals surface area contributed by atoms with E-state index in [1.807, 2.05) is 0 Å². The molecule has 116 valence electrons. The largest absolute Gasteiger partial charge is 0.479 e. The van der Waals surface area contributed by atoms with E-state index < -0.39 is 21.9 Å². The van der Waals surface area contributed by atoms with Crippen LogP contribution in [-0.2, 0) is 14.6 Å². The van der Waals surface area contributed by atoms with E-state index in [1.165, 1.54) is 12.1 Å². The van der Waals surface area contributed by atoms with Crippen LogP contribution in [0.1, 0.15) is 18.6 Å². The first-order chi connectivity index (χ1) is 10.4. The number of aliphatic hydroxyl groups is 1. The molecule has 1 atom stereocenters. The van der Waals surface area contributed by atoms with Crippen molar-refractivity contribution in [2.45, 2.75) is 17.9 Å². The van der Waals surface area contributed by atoms with Crippen LogP contribution in [0, 0.1) is 0 Å². The molecule has 0 aliphatic carbocycles. The fraction of sp³-hybridized carbons (Fsp3) is 0.188. The first-order valence-corrected chi connectivity index (χ1v) is 8.35. The Morgan fingerprint density at radius 2 is 1.68 bits per heavy atom. The monoisotopic (exact) mass is 320 g/mol. The number of hydrogen-bond donors (Lipinski definition) is 2. The van der Waals surface area contributed by atoms with Gasteiger partial charge in [0.05, 0.1) is 10.6 Å². The lowest BCUT2D eigenvalue weighted by molar-refractivity contribution is -0.146. The molecule has 6 heteroatoms. The molecule has 0 aliphatic rings. The minimum Gasteiger partial charge on any atom is -0.479 e. The maximum Gasteiger partial charge on any atom is 0.337 e. The third-order valence-corrected chi connectivity index (χ3v) is 5.16. The SMILES string of the molecule is CCS(=O)(=O)c1ccccc1-c1ccc(C(O)C(=O)O)cc1. The highest BCUT2D eigenvalue weighted by molar-refractivity contribution is 7.91. The molecule has 0 saturated heterocycles. The van der Waals surface area contributed by atoms with Crippen molar-refractivity contribution in [3.05, 3.63) is 54.1 Å². The Morgan fingerprint density at radius 1 is 1.09 bits per heavy atom. The fourth-order valence-electron chi connectivity index (χ4n) is 2.12. The van der Waals surface area contributed by atoms with Crippen molar-refractivity contribution < 1.29 is 23.4 Å².